The van der Waals surface area contributed by atoms with Gasteiger partial charge in [-0.25, -0.2) is 13.1 Å². The van der Waals surface area contributed by atoms with Crippen molar-refractivity contribution in [1.82, 2.24) is 9.78 Å². The second kappa shape index (κ2) is 9.03. The average Bonchev–Trinajstić information content (AvgIpc) is 3.22. The fraction of sp³-hybridized carbons (Fsp3) is 0.238. The quantitative estimate of drug-likeness (QED) is 0.532. The highest BCUT2D eigenvalue weighted by atomic mass is 32.2. The molecule has 32 heavy (non-hydrogen) atoms. The largest absolute Gasteiger partial charge is 0.435 e. The third kappa shape index (κ3) is 5.47. The Morgan fingerprint density at radius 2 is 1.72 bits per heavy atom. The number of hydrogen-bond donors (Lipinski definition) is 2. The van der Waals surface area contributed by atoms with Gasteiger partial charge in [0.15, 0.2) is 5.69 Å². The Bertz CT molecular complexity index is 1220. The van der Waals surface area contributed by atoms with Gasteiger partial charge in [0, 0.05) is 17.4 Å². The van der Waals surface area contributed by atoms with Crippen molar-refractivity contribution in [3.05, 3.63) is 71.5 Å². The Hall–Kier alpha value is -3.34. The van der Waals surface area contributed by atoms with Gasteiger partial charge in [-0.3, -0.25) is 9.52 Å². The van der Waals surface area contributed by atoms with E-state index in [1.54, 1.807) is 32.0 Å². The molecule has 7 nitrogen and oxygen atoms in total. The van der Waals surface area contributed by atoms with Crippen LogP contribution in [-0.4, -0.2) is 29.9 Å². The molecule has 1 amide bonds. The number of nitrogens with zero attached hydrogens (tertiary/aromatic N) is 2. The third-order valence-corrected chi connectivity index (χ3v) is 6.07. The molecule has 0 unspecified atom stereocenters. The molecule has 11 heteroatoms. The lowest BCUT2D eigenvalue weighted by Gasteiger charge is -2.14. The number of anilines is 2. The summed E-state index contributed by atoms with van der Waals surface area (Å²) in [6.45, 7) is 3.44. The maximum Gasteiger partial charge on any atom is 0.435 e. The molecule has 3 aromatic rings. The lowest BCUT2D eigenvalue weighted by Crippen LogP contribution is -2.18. The molecule has 0 fully saturated rings. The Morgan fingerprint density at radius 3 is 2.31 bits per heavy atom. The van der Waals surface area contributed by atoms with Gasteiger partial charge in [-0.05, 0) is 61.4 Å². The summed E-state index contributed by atoms with van der Waals surface area (Å²) in [5.74, 6) is -0.472. The standard InChI is InChI=1S/C21H21F3N4O3S/c1-3-13-32(30,31)27-18-6-4-5-17(14(18)2)25-20(29)15-7-9-16(10-8-15)28-12-11-19(26-28)21(22,23)24/h4-12,27H,3,13H2,1-2H3,(H,25,29). The van der Waals surface area contributed by atoms with Crippen LogP contribution in [0, 0.1) is 6.92 Å². The molecular formula is C21H21F3N4O3S. The number of halogens is 3. The molecule has 0 aliphatic carbocycles. The zero-order chi connectivity index (χ0) is 23.5. The first-order valence-electron chi connectivity index (χ1n) is 9.65. The Balaban J connectivity index is 1.75. The predicted octanol–water partition coefficient (Wildman–Crippen LogP) is 4.60. The molecule has 3 rings (SSSR count). The summed E-state index contributed by atoms with van der Waals surface area (Å²) in [6, 6.07) is 11.6. The van der Waals surface area contributed by atoms with Crippen LogP contribution in [0.4, 0.5) is 24.5 Å². The van der Waals surface area contributed by atoms with Crippen LogP contribution in [0.3, 0.4) is 0 Å². The normalized spacial score (nSPS) is 11.9. The van der Waals surface area contributed by atoms with Crippen molar-refractivity contribution >= 4 is 27.3 Å². The Labute approximate surface area is 183 Å². The van der Waals surface area contributed by atoms with Crippen molar-refractivity contribution < 1.29 is 26.4 Å². The van der Waals surface area contributed by atoms with Crippen LogP contribution in [0.5, 0.6) is 0 Å². The maximum atomic E-state index is 12.7. The van der Waals surface area contributed by atoms with Crippen LogP contribution >= 0.6 is 0 Å². The Morgan fingerprint density at radius 1 is 1.06 bits per heavy atom. The van der Waals surface area contributed by atoms with Crippen LogP contribution < -0.4 is 10.0 Å². The van der Waals surface area contributed by atoms with E-state index in [-0.39, 0.29) is 11.3 Å². The monoisotopic (exact) mass is 466 g/mol. The highest BCUT2D eigenvalue weighted by Gasteiger charge is 2.33. The van der Waals surface area contributed by atoms with E-state index in [4.69, 9.17) is 0 Å². The molecule has 0 bridgehead atoms. The van der Waals surface area contributed by atoms with Crippen LogP contribution in [0.15, 0.2) is 54.7 Å². The lowest BCUT2D eigenvalue weighted by molar-refractivity contribution is -0.141. The number of alkyl halides is 3. The summed E-state index contributed by atoms with van der Waals surface area (Å²) in [6.07, 6.45) is -2.88. The summed E-state index contributed by atoms with van der Waals surface area (Å²) in [7, 11) is -3.48. The van der Waals surface area contributed by atoms with E-state index in [9.17, 15) is 26.4 Å². The summed E-state index contributed by atoms with van der Waals surface area (Å²) in [4.78, 5) is 12.6. The van der Waals surface area contributed by atoms with E-state index in [1.807, 2.05) is 0 Å². The van der Waals surface area contributed by atoms with Crippen LogP contribution in [0.2, 0.25) is 0 Å². The molecule has 0 aliphatic rings. The molecule has 2 N–H and O–H groups in total. The zero-order valence-electron chi connectivity index (χ0n) is 17.3. The first kappa shape index (κ1) is 23.3. The first-order chi connectivity index (χ1) is 15.0. The van der Waals surface area contributed by atoms with Gasteiger partial charge in [-0.2, -0.15) is 18.3 Å². The van der Waals surface area contributed by atoms with Crippen molar-refractivity contribution in [1.29, 1.82) is 0 Å². The van der Waals surface area contributed by atoms with Gasteiger partial charge < -0.3 is 5.32 Å². The average molecular weight is 466 g/mol. The van der Waals surface area contributed by atoms with Crippen LogP contribution in [0.25, 0.3) is 5.69 Å². The van der Waals surface area contributed by atoms with E-state index < -0.39 is 27.8 Å². The molecule has 1 heterocycles. The molecular weight excluding hydrogens is 445 g/mol. The Kier molecular flexibility index (Phi) is 6.58. The summed E-state index contributed by atoms with van der Waals surface area (Å²) < 4.78 is 65.8. The van der Waals surface area contributed by atoms with Gasteiger partial charge >= 0.3 is 6.18 Å². The fourth-order valence-electron chi connectivity index (χ4n) is 2.95. The molecule has 0 radical (unpaired) electrons. The third-order valence-electron chi connectivity index (χ3n) is 4.59. The van der Waals surface area contributed by atoms with Gasteiger partial charge in [-0.1, -0.05) is 13.0 Å². The highest BCUT2D eigenvalue weighted by molar-refractivity contribution is 7.92. The van der Waals surface area contributed by atoms with Gasteiger partial charge in [0.05, 0.1) is 17.1 Å². The van der Waals surface area contributed by atoms with E-state index in [1.165, 1.54) is 30.5 Å². The molecule has 0 aliphatic heterocycles. The number of aromatic nitrogens is 2. The minimum Gasteiger partial charge on any atom is -0.322 e. The van der Waals surface area contributed by atoms with E-state index >= 15 is 0 Å². The van der Waals surface area contributed by atoms with Crippen molar-refractivity contribution in [2.24, 2.45) is 0 Å². The van der Waals surface area contributed by atoms with Crippen molar-refractivity contribution in [2.75, 3.05) is 15.8 Å². The zero-order valence-corrected chi connectivity index (χ0v) is 18.1. The number of hydrogen-bond acceptors (Lipinski definition) is 4. The number of sulfonamides is 1. The molecule has 170 valence electrons. The number of rotatable bonds is 7. The van der Waals surface area contributed by atoms with Gasteiger partial charge in [0.2, 0.25) is 10.0 Å². The number of amides is 1. The van der Waals surface area contributed by atoms with Gasteiger partial charge in [0.1, 0.15) is 0 Å². The van der Waals surface area contributed by atoms with Gasteiger partial charge in [0.25, 0.3) is 5.91 Å². The predicted molar refractivity (Wildman–Crippen MR) is 115 cm³/mol. The molecule has 0 saturated carbocycles. The highest BCUT2D eigenvalue weighted by Crippen LogP contribution is 2.28. The van der Waals surface area contributed by atoms with Crippen molar-refractivity contribution in [3.8, 4) is 5.69 Å². The fourth-order valence-corrected chi connectivity index (χ4v) is 4.14. The second-order valence-corrected chi connectivity index (χ2v) is 8.89. The van der Waals surface area contributed by atoms with Crippen molar-refractivity contribution in [2.45, 2.75) is 26.4 Å². The van der Waals surface area contributed by atoms with Crippen LogP contribution in [-0.2, 0) is 16.2 Å². The van der Waals surface area contributed by atoms with Gasteiger partial charge in [-0.15, -0.1) is 0 Å². The number of nitrogens with one attached hydrogen (secondary N) is 2. The molecule has 0 atom stereocenters. The number of carbonyl (C=O) groups excluding carboxylic acids is 1. The molecule has 2 aromatic carbocycles. The topological polar surface area (TPSA) is 93.1 Å². The first-order valence-corrected chi connectivity index (χ1v) is 11.3. The van der Waals surface area contributed by atoms with Crippen LogP contribution in [0.1, 0.15) is 35.0 Å². The minimum absolute atomic E-state index is 0.0178. The number of carbonyl (C=O) groups is 1. The van der Waals surface area contributed by atoms with E-state index in [0.29, 0.717) is 29.0 Å². The summed E-state index contributed by atoms with van der Waals surface area (Å²) in [5, 5.41) is 6.22. The summed E-state index contributed by atoms with van der Waals surface area (Å²) >= 11 is 0. The van der Waals surface area contributed by atoms with E-state index in [0.717, 1.165) is 10.7 Å². The maximum absolute atomic E-state index is 12.7. The molecule has 0 spiro atoms. The summed E-state index contributed by atoms with van der Waals surface area (Å²) in [5.41, 5.74) is 0.968. The molecule has 1 aromatic heterocycles. The smallest absolute Gasteiger partial charge is 0.322 e. The second-order valence-electron chi connectivity index (χ2n) is 7.04. The lowest BCUT2D eigenvalue weighted by atomic mass is 10.1. The molecule has 0 saturated heterocycles. The minimum atomic E-state index is -4.54. The van der Waals surface area contributed by atoms with E-state index in [2.05, 4.69) is 15.1 Å². The van der Waals surface area contributed by atoms with Crippen molar-refractivity contribution in [3.63, 3.8) is 0 Å². The number of benzene rings is 2. The SMILES string of the molecule is CCCS(=O)(=O)Nc1cccc(NC(=O)c2ccc(-n3ccc(C(F)(F)F)n3)cc2)c1C.